The molecule has 0 unspecified atom stereocenters. The van der Waals surface area contributed by atoms with Gasteiger partial charge in [0.25, 0.3) is 0 Å². The maximum absolute atomic E-state index is 4.84. The SMILES string of the molecule is C1=CN(c2ccccc2)CCN1Cc1ccon1. The Labute approximate surface area is 106 Å². The van der Waals surface area contributed by atoms with Crippen LogP contribution in [0.5, 0.6) is 0 Å². The Hall–Kier alpha value is -2.23. The first-order chi connectivity index (χ1) is 8.92. The molecule has 18 heavy (non-hydrogen) atoms. The van der Waals surface area contributed by atoms with Crippen LogP contribution in [0.3, 0.4) is 0 Å². The number of rotatable bonds is 3. The van der Waals surface area contributed by atoms with Gasteiger partial charge < -0.3 is 14.3 Å². The van der Waals surface area contributed by atoms with Crippen LogP contribution in [0.1, 0.15) is 5.69 Å². The number of aromatic nitrogens is 1. The van der Waals surface area contributed by atoms with Crippen LogP contribution in [-0.4, -0.2) is 23.1 Å². The molecule has 0 radical (unpaired) electrons. The second-order valence-electron chi connectivity index (χ2n) is 4.29. The summed E-state index contributed by atoms with van der Waals surface area (Å²) in [7, 11) is 0. The lowest BCUT2D eigenvalue weighted by Crippen LogP contribution is -2.34. The summed E-state index contributed by atoms with van der Waals surface area (Å²) >= 11 is 0. The van der Waals surface area contributed by atoms with E-state index in [1.165, 1.54) is 5.69 Å². The molecule has 3 rings (SSSR count). The summed E-state index contributed by atoms with van der Waals surface area (Å²) in [6.07, 6.45) is 5.82. The Morgan fingerprint density at radius 3 is 2.61 bits per heavy atom. The molecule has 0 saturated heterocycles. The van der Waals surface area contributed by atoms with Crippen molar-refractivity contribution in [1.29, 1.82) is 0 Å². The molecule has 0 aliphatic carbocycles. The Morgan fingerprint density at radius 1 is 1.06 bits per heavy atom. The molecule has 1 aromatic carbocycles. The summed E-state index contributed by atoms with van der Waals surface area (Å²) in [6.45, 7) is 2.77. The van der Waals surface area contributed by atoms with E-state index in [9.17, 15) is 0 Å². The molecule has 0 saturated carbocycles. The summed E-state index contributed by atoms with van der Waals surface area (Å²) in [5, 5.41) is 3.92. The number of anilines is 1. The smallest absolute Gasteiger partial charge is 0.124 e. The zero-order valence-electron chi connectivity index (χ0n) is 10.1. The Balaban J connectivity index is 1.65. The highest BCUT2D eigenvalue weighted by atomic mass is 16.5. The van der Waals surface area contributed by atoms with Gasteiger partial charge in [0.15, 0.2) is 0 Å². The molecular weight excluding hydrogens is 226 g/mol. The predicted molar refractivity (Wildman–Crippen MR) is 69.8 cm³/mol. The van der Waals surface area contributed by atoms with E-state index < -0.39 is 0 Å². The topological polar surface area (TPSA) is 32.5 Å². The molecular formula is C14H15N3O. The molecule has 0 N–H and O–H groups in total. The summed E-state index contributed by atoms with van der Waals surface area (Å²) in [5.74, 6) is 0. The van der Waals surface area contributed by atoms with Crippen LogP contribution < -0.4 is 4.90 Å². The van der Waals surface area contributed by atoms with E-state index in [0.29, 0.717) is 0 Å². The van der Waals surface area contributed by atoms with Crippen molar-refractivity contribution in [2.45, 2.75) is 6.54 Å². The largest absolute Gasteiger partial charge is 0.368 e. The van der Waals surface area contributed by atoms with Crippen molar-refractivity contribution in [1.82, 2.24) is 10.1 Å². The second-order valence-corrected chi connectivity index (χ2v) is 4.29. The van der Waals surface area contributed by atoms with Crippen molar-refractivity contribution in [2.75, 3.05) is 18.0 Å². The number of para-hydroxylation sites is 1. The third-order valence-electron chi connectivity index (χ3n) is 3.03. The monoisotopic (exact) mass is 241 g/mol. The molecule has 1 aliphatic heterocycles. The second kappa shape index (κ2) is 4.96. The first-order valence-corrected chi connectivity index (χ1v) is 6.05. The quantitative estimate of drug-likeness (QED) is 0.826. The average Bonchev–Trinajstić information content (AvgIpc) is 2.94. The van der Waals surface area contributed by atoms with Crippen molar-refractivity contribution < 1.29 is 4.52 Å². The zero-order valence-corrected chi connectivity index (χ0v) is 10.1. The average molecular weight is 241 g/mol. The van der Waals surface area contributed by atoms with E-state index in [-0.39, 0.29) is 0 Å². The van der Waals surface area contributed by atoms with E-state index in [1.807, 2.05) is 12.1 Å². The fourth-order valence-corrected chi connectivity index (χ4v) is 2.05. The molecule has 2 aromatic rings. The summed E-state index contributed by atoms with van der Waals surface area (Å²) in [4.78, 5) is 4.48. The van der Waals surface area contributed by atoms with Gasteiger partial charge in [0, 0.05) is 37.2 Å². The van der Waals surface area contributed by atoms with Crippen molar-refractivity contribution in [3.63, 3.8) is 0 Å². The molecule has 1 aromatic heterocycles. The van der Waals surface area contributed by atoms with E-state index >= 15 is 0 Å². The predicted octanol–water partition coefficient (Wildman–Crippen LogP) is 2.47. The summed E-state index contributed by atoms with van der Waals surface area (Å²) in [5.41, 5.74) is 2.20. The number of hydrogen-bond acceptors (Lipinski definition) is 4. The van der Waals surface area contributed by atoms with Gasteiger partial charge in [0.05, 0.1) is 6.54 Å². The van der Waals surface area contributed by atoms with Gasteiger partial charge in [0.1, 0.15) is 12.0 Å². The van der Waals surface area contributed by atoms with Gasteiger partial charge in [-0.25, -0.2) is 0 Å². The first-order valence-electron chi connectivity index (χ1n) is 6.05. The minimum Gasteiger partial charge on any atom is -0.368 e. The van der Waals surface area contributed by atoms with E-state index in [2.05, 4.69) is 51.6 Å². The normalized spacial score (nSPS) is 15.1. The summed E-state index contributed by atoms with van der Waals surface area (Å²) < 4.78 is 4.84. The molecule has 0 fully saturated rings. The Kier molecular flexibility index (Phi) is 3.00. The molecule has 0 spiro atoms. The highest BCUT2D eigenvalue weighted by Crippen LogP contribution is 2.17. The molecule has 1 aliphatic rings. The van der Waals surface area contributed by atoms with Crippen LogP contribution in [0.25, 0.3) is 0 Å². The van der Waals surface area contributed by atoms with Crippen molar-refractivity contribution in [3.8, 4) is 0 Å². The maximum atomic E-state index is 4.84. The standard InChI is InChI=1S/C14H15N3O/c1-2-4-14(5-3-1)17-9-7-16(8-10-17)12-13-6-11-18-15-13/h1-7,9,11H,8,10,12H2. The lowest BCUT2D eigenvalue weighted by molar-refractivity contribution is 0.340. The first kappa shape index (κ1) is 10.9. The van der Waals surface area contributed by atoms with Crippen molar-refractivity contribution in [3.05, 3.63) is 60.8 Å². The maximum Gasteiger partial charge on any atom is 0.124 e. The third-order valence-corrected chi connectivity index (χ3v) is 3.03. The minimum absolute atomic E-state index is 0.801. The van der Waals surface area contributed by atoms with Crippen molar-refractivity contribution >= 4 is 5.69 Å². The lowest BCUT2D eigenvalue weighted by atomic mass is 10.2. The lowest BCUT2D eigenvalue weighted by Gasteiger charge is -2.30. The van der Waals surface area contributed by atoms with Gasteiger partial charge >= 0.3 is 0 Å². The van der Waals surface area contributed by atoms with Gasteiger partial charge in [0.2, 0.25) is 0 Å². The van der Waals surface area contributed by atoms with Crippen LogP contribution in [0.2, 0.25) is 0 Å². The molecule has 4 heteroatoms. The number of hydrogen-bond donors (Lipinski definition) is 0. The number of nitrogens with zero attached hydrogens (tertiary/aromatic N) is 3. The van der Waals surface area contributed by atoms with Gasteiger partial charge in [-0.15, -0.1) is 0 Å². The van der Waals surface area contributed by atoms with Gasteiger partial charge in [-0.2, -0.15) is 0 Å². The molecule has 0 bridgehead atoms. The molecule has 0 atom stereocenters. The third kappa shape index (κ3) is 2.37. The highest BCUT2D eigenvalue weighted by Gasteiger charge is 2.12. The Bertz CT molecular complexity index is 507. The Morgan fingerprint density at radius 2 is 1.94 bits per heavy atom. The van der Waals surface area contributed by atoms with Crippen LogP contribution in [0.15, 0.2) is 59.6 Å². The molecule has 92 valence electrons. The van der Waals surface area contributed by atoms with Gasteiger partial charge in [-0.1, -0.05) is 23.4 Å². The van der Waals surface area contributed by atoms with E-state index in [4.69, 9.17) is 4.52 Å². The van der Waals surface area contributed by atoms with Crippen molar-refractivity contribution in [2.24, 2.45) is 0 Å². The molecule has 2 heterocycles. The van der Waals surface area contributed by atoms with Gasteiger partial charge in [-0.05, 0) is 12.1 Å². The van der Waals surface area contributed by atoms with Crippen LogP contribution in [-0.2, 0) is 6.54 Å². The summed E-state index contributed by atoms with van der Waals surface area (Å²) in [6, 6.07) is 12.3. The van der Waals surface area contributed by atoms with Crippen LogP contribution >= 0.6 is 0 Å². The molecule has 4 nitrogen and oxygen atoms in total. The van der Waals surface area contributed by atoms with Crippen LogP contribution in [0, 0.1) is 0 Å². The fraction of sp³-hybridized carbons (Fsp3) is 0.214. The zero-order chi connectivity index (χ0) is 12.2. The minimum atomic E-state index is 0.801. The van der Waals surface area contributed by atoms with Gasteiger partial charge in [-0.3, -0.25) is 0 Å². The van der Waals surface area contributed by atoms with Crippen LogP contribution in [0.4, 0.5) is 5.69 Å². The van der Waals surface area contributed by atoms with E-state index in [1.54, 1.807) is 6.26 Å². The number of benzene rings is 1. The van der Waals surface area contributed by atoms with E-state index in [0.717, 1.165) is 25.3 Å². The fourth-order valence-electron chi connectivity index (χ4n) is 2.05. The molecule has 0 amide bonds. The highest BCUT2D eigenvalue weighted by molar-refractivity contribution is 5.49.